The summed E-state index contributed by atoms with van der Waals surface area (Å²) in [7, 11) is 0. The number of ether oxygens (including phenoxy) is 1. The minimum absolute atomic E-state index is 0.000462. The van der Waals surface area contributed by atoms with E-state index < -0.39 is 24.1 Å². The van der Waals surface area contributed by atoms with E-state index in [0.717, 1.165) is 0 Å². The molecule has 0 aliphatic carbocycles. The molecule has 9 nitrogen and oxygen atoms in total. The van der Waals surface area contributed by atoms with Gasteiger partial charge in [0.15, 0.2) is 5.82 Å². The molecule has 10 heteroatoms. The minimum atomic E-state index is -1.13. The highest BCUT2D eigenvalue weighted by molar-refractivity contribution is 5.92. The van der Waals surface area contributed by atoms with Crippen molar-refractivity contribution in [3.8, 4) is 23.0 Å². The summed E-state index contributed by atoms with van der Waals surface area (Å²) in [4.78, 5) is 23.7. The summed E-state index contributed by atoms with van der Waals surface area (Å²) in [5, 5.41) is 12.3. The molecule has 0 saturated heterocycles. The van der Waals surface area contributed by atoms with Gasteiger partial charge < -0.3 is 26.6 Å². The third-order valence-electron chi connectivity index (χ3n) is 3.89. The molecule has 150 valence electrons. The van der Waals surface area contributed by atoms with Crippen molar-refractivity contribution in [3.63, 3.8) is 0 Å². The number of aliphatic hydroxyl groups is 1. The number of hydrogen-bond acceptors (Lipinski definition) is 8. The number of pyridine rings is 1. The van der Waals surface area contributed by atoms with E-state index in [1.54, 1.807) is 31.2 Å². The zero-order chi connectivity index (χ0) is 21.0. The number of anilines is 1. The summed E-state index contributed by atoms with van der Waals surface area (Å²) < 4.78 is 18.7. The Morgan fingerprint density at radius 3 is 2.52 bits per heavy atom. The van der Waals surface area contributed by atoms with Gasteiger partial charge in [0, 0.05) is 17.7 Å². The van der Waals surface area contributed by atoms with E-state index in [9.17, 15) is 14.3 Å². The second-order valence-electron chi connectivity index (χ2n) is 6.17. The quantitative estimate of drug-likeness (QED) is 0.347. The molecule has 0 aliphatic rings. The number of benzene rings is 1. The highest BCUT2D eigenvalue weighted by Crippen LogP contribution is 2.24. The number of nitrogens with zero attached hydrogens (tertiary/aromatic N) is 3. The van der Waals surface area contributed by atoms with Gasteiger partial charge in [-0.05, 0) is 37.3 Å². The van der Waals surface area contributed by atoms with Crippen molar-refractivity contribution in [1.29, 1.82) is 0 Å². The minimum Gasteiger partial charge on any atom is -0.439 e. The lowest BCUT2D eigenvalue weighted by atomic mass is 10.2. The molecule has 0 saturated carbocycles. The van der Waals surface area contributed by atoms with E-state index in [1.165, 1.54) is 24.3 Å². The molecular formula is C19H19FN6O3. The van der Waals surface area contributed by atoms with Crippen molar-refractivity contribution in [2.24, 2.45) is 11.5 Å². The Bertz CT molecular complexity index is 1010. The van der Waals surface area contributed by atoms with Crippen LogP contribution in [0.1, 0.15) is 17.4 Å². The fraction of sp³-hybridized carbons (Fsp3) is 0.158. The van der Waals surface area contributed by atoms with Gasteiger partial charge in [-0.3, -0.25) is 4.79 Å². The summed E-state index contributed by atoms with van der Waals surface area (Å²) in [5.74, 6) is -0.313. The molecule has 0 bridgehead atoms. The lowest BCUT2D eigenvalue weighted by Crippen LogP contribution is -2.38. The van der Waals surface area contributed by atoms with Crippen LogP contribution in [0.5, 0.6) is 11.6 Å². The lowest BCUT2D eigenvalue weighted by molar-refractivity contribution is 0.0995. The first kappa shape index (κ1) is 20.1. The number of amides is 1. The molecule has 0 fully saturated rings. The highest BCUT2D eigenvalue weighted by Gasteiger charge is 2.14. The number of halogens is 1. The smallest absolute Gasteiger partial charge is 0.267 e. The van der Waals surface area contributed by atoms with Crippen molar-refractivity contribution in [2.75, 3.05) is 5.32 Å². The molecule has 2 aromatic heterocycles. The van der Waals surface area contributed by atoms with Gasteiger partial charge in [-0.1, -0.05) is 6.07 Å². The largest absolute Gasteiger partial charge is 0.439 e. The Morgan fingerprint density at radius 1 is 1.17 bits per heavy atom. The third kappa shape index (κ3) is 5.21. The topological polar surface area (TPSA) is 149 Å². The van der Waals surface area contributed by atoms with Crippen LogP contribution in [0.3, 0.4) is 0 Å². The summed E-state index contributed by atoms with van der Waals surface area (Å²) in [6.45, 7) is 1.66. The summed E-state index contributed by atoms with van der Waals surface area (Å²) >= 11 is 0. The first-order valence-corrected chi connectivity index (χ1v) is 8.62. The van der Waals surface area contributed by atoms with E-state index in [4.69, 9.17) is 16.2 Å². The van der Waals surface area contributed by atoms with Crippen molar-refractivity contribution in [1.82, 2.24) is 15.0 Å². The van der Waals surface area contributed by atoms with E-state index in [2.05, 4.69) is 20.3 Å². The molecule has 1 amide bonds. The van der Waals surface area contributed by atoms with Crippen LogP contribution < -0.4 is 21.5 Å². The molecule has 6 N–H and O–H groups in total. The molecule has 2 unspecified atom stereocenters. The maximum absolute atomic E-state index is 13.2. The first-order valence-electron chi connectivity index (χ1n) is 8.62. The Balaban J connectivity index is 1.86. The number of carbonyl (C=O) groups excluding carboxylic acids is 1. The predicted octanol–water partition coefficient (Wildman–Crippen LogP) is 1.65. The number of aliphatic hydroxyl groups excluding tert-OH is 1. The maximum Gasteiger partial charge on any atom is 0.267 e. The standard InChI is InChI=1S/C19H19FN6O3/c1-10(17(21)27)23-15-9-13(18(22)28)24-19(26-15)11-5-7-12(8-6-11)29-16-4-2-3-14(20)25-16/h2-10,17,27H,21H2,1H3,(H2,22,28)(H,23,24,26). The van der Waals surface area contributed by atoms with Gasteiger partial charge in [0.1, 0.15) is 23.5 Å². The van der Waals surface area contributed by atoms with Crippen LogP contribution >= 0.6 is 0 Å². The van der Waals surface area contributed by atoms with Crippen LogP contribution in [0, 0.1) is 5.95 Å². The predicted molar refractivity (Wildman–Crippen MR) is 104 cm³/mol. The van der Waals surface area contributed by atoms with Crippen LogP contribution in [-0.4, -0.2) is 38.2 Å². The molecule has 0 aliphatic heterocycles. The SMILES string of the molecule is CC(Nc1cc(C(N)=O)nc(-c2ccc(Oc3cccc(F)n3)cc2)n1)C(N)O. The van der Waals surface area contributed by atoms with E-state index in [0.29, 0.717) is 11.3 Å². The maximum atomic E-state index is 13.2. The average Bonchev–Trinajstić information content (AvgIpc) is 2.68. The Hall–Kier alpha value is -3.63. The number of hydrogen-bond donors (Lipinski definition) is 4. The third-order valence-corrected chi connectivity index (χ3v) is 3.89. The first-order chi connectivity index (χ1) is 13.8. The summed E-state index contributed by atoms with van der Waals surface area (Å²) in [5.41, 5.74) is 11.4. The van der Waals surface area contributed by atoms with Crippen LogP contribution in [0.25, 0.3) is 11.4 Å². The summed E-state index contributed by atoms with van der Waals surface area (Å²) in [6.07, 6.45) is -1.13. The molecule has 3 rings (SSSR count). The van der Waals surface area contributed by atoms with Crippen molar-refractivity contribution < 1.29 is 19.0 Å². The lowest BCUT2D eigenvalue weighted by Gasteiger charge is -2.17. The number of carbonyl (C=O) groups is 1. The average molecular weight is 398 g/mol. The number of nitrogens with two attached hydrogens (primary N) is 2. The Labute approximate surface area is 165 Å². The highest BCUT2D eigenvalue weighted by atomic mass is 19.1. The fourth-order valence-electron chi connectivity index (χ4n) is 2.33. The molecule has 1 aromatic carbocycles. The van der Waals surface area contributed by atoms with E-state index >= 15 is 0 Å². The fourth-order valence-corrected chi connectivity index (χ4v) is 2.33. The van der Waals surface area contributed by atoms with Gasteiger partial charge in [0.2, 0.25) is 11.8 Å². The molecule has 2 atom stereocenters. The summed E-state index contributed by atoms with van der Waals surface area (Å²) in [6, 6.07) is 11.7. The number of nitrogens with one attached hydrogen (secondary N) is 1. The number of aromatic nitrogens is 3. The van der Waals surface area contributed by atoms with Gasteiger partial charge in [0.05, 0.1) is 6.04 Å². The van der Waals surface area contributed by atoms with Crippen LogP contribution in [-0.2, 0) is 0 Å². The van der Waals surface area contributed by atoms with Crippen LogP contribution in [0.4, 0.5) is 10.2 Å². The Morgan fingerprint density at radius 2 is 1.90 bits per heavy atom. The monoisotopic (exact) mass is 398 g/mol. The van der Waals surface area contributed by atoms with Crippen molar-refractivity contribution in [2.45, 2.75) is 19.2 Å². The molecule has 29 heavy (non-hydrogen) atoms. The number of primary amides is 1. The van der Waals surface area contributed by atoms with Crippen molar-refractivity contribution in [3.05, 3.63) is 60.2 Å². The zero-order valence-corrected chi connectivity index (χ0v) is 15.4. The second kappa shape index (κ2) is 8.59. The van der Waals surface area contributed by atoms with E-state index in [-0.39, 0.29) is 23.2 Å². The van der Waals surface area contributed by atoms with Crippen molar-refractivity contribution >= 4 is 11.7 Å². The van der Waals surface area contributed by atoms with E-state index in [1.807, 2.05) is 0 Å². The van der Waals surface area contributed by atoms with Gasteiger partial charge in [-0.25, -0.2) is 9.97 Å². The van der Waals surface area contributed by atoms with Crippen LogP contribution in [0.15, 0.2) is 48.5 Å². The Kier molecular flexibility index (Phi) is 5.96. The molecular weight excluding hydrogens is 379 g/mol. The molecule has 3 aromatic rings. The van der Waals surface area contributed by atoms with Gasteiger partial charge in [0.25, 0.3) is 5.91 Å². The second-order valence-corrected chi connectivity index (χ2v) is 6.17. The zero-order valence-electron chi connectivity index (χ0n) is 15.4. The van der Waals surface area contributed by atoms with Gasteiger partial charge in [-0.2, -0.15) is 9.37 Å². The number of rotatable bonds is 7. The molecule has 0 radical (unpaired) electrons. The normalized spacial score (nSPS) is 12.8. The molecule has 2 heterocycles. The molecule has 0 spiro atoms. The van der Waals surface area contributed by atoms with Gasteiger partial charge >= 0.3 is 0 Å². The van der Waals surface area contributed by atoms with Gasteiger partial charge in [-0.15, -0.1) is 0 Å². The van der Waals surface area contributed by atoms with Crippen LogP contribution in [0.2, 0.25) is 0 Å².